The van der Waals surface area contributed by atoms with Crippen molar-refractivity contribution < 1.29 is 0 Å². The van der Waals surface area contributed by atoms with E-state index in [2.05, 4.69) is 50.7 Å². The number of allylic oxidation sites excluding steroid dienone is 1. The van der Waals surface area contributed by atoms with Crippen molar-refractivity contribution in [2.24, 2.45) is 4.99 Å². The van der Waals surface area contributed by atoms with Crippen LogP contribution in [0.1, 0.15) is 66.2 Å². The Bertz CT molecular complexity index is 240. The largest absolute Gasteiger partial charge is 0.298 e. The predicted molar refractivity (Wildman–Crippen MR) is 93.1 cm³/mol. The number of aliphatic imine (C=N–C) groups is 1. The first-order valence-electron chi connectivity index (χ1n) is 8.36. The van der Waals surface area contributed by atoms with Crippen LogP contribution in [0.5, 0.6) is 0 Å². The maximum atomic E-state index is 4.65. The molecule has 19 heavy (non-hydrogen) atoms. The fourth-order valence-corrected chi connectivity index (χ4v) is 7.20. The summed E-state index contributed by atoms with van der Waals surface area (Å²) in [6.45, 7) is 10.1. The van der Waals surface area contributed by atoms with Crippen LogP contribution in [0, 0.1) is 0 Å². The topological polar surface area (TPSA) is 12.4 Å². The molecule has 0 spiro atoms. The van der Waals surface area contributed by atoms with Gasteiger partial charge < -0.3 is 0 Å². The van der Waals surface area contributed by atoms with Crippen molar-refractivity contribution >= 4 is 14.3 Å². The van der Waals surface area contributed by atoms with Gasteiger partial charge in [0.15, 0.2) is 0 Å². The van der Waals surface area contributed by atoms with Crippen molar-refractivity contribution in [2.75, 3.05) is 6.54 Å². The van der Waals surface area contributed by atoms with Gasteiger partial charge in [0.1, 0.15) is 0 Å². The summed E-state index contributed by atoms with van der Waals surface area (Å²) >= 11 is 0. The second-order valence-electron chi connectivity index (χ2n) is 5.72. The van der Waals surface area contributed by atoms with E-state index in [1.807, 2.05) is 0 Å². The van der Waals surface area contributed by atoms with Crippen molar-refractivity contribution in [3.8, 4) is 0 Å². The lowest BCUT2D eigenvalue weighted by molar-refractivity contribution is 0.675. The molecule has 0 aliphatic heterocycles. The van der Waals surface area contributed by atoms with Gasteiger partial charge in [-0.3, -0.25) is 4.99 Å². The van der Waals surface area contributed by atoms with Gasteiger partial charge >= 0.3 is 0 Å². The molecule has 0 aromatic heterocycles. The minimum absolute atomic E-state index is 1.04. The van der Waals surface area contributed by atoms with E-state index >= 15 is 0 Å². The van der Waals surface area contributed by atoms with Gasteiger partial charge in [0.25, 0.3) is 0 Å². The molecule has 0 N–H and O–H groups in total. The Labute approximate surface area is 122 Å². The Hall–Kier alpha value is -0.373. The zero-order chi connectivity index (χ0) is 14.4. The third kappa shape index (κ3) is 9.20. The SMILES string of the molecule is CC=C[Si](CC=NCCCCCC)(CCC)CCC. The van der Waals surface area contributed by atoms with Crippen molar-refractivity contribution in [1.29, 1.82) is 0 Å². The smallest absolute Gasteiger partial charge is 0.0825 e. The van der Waals surface area contributed by atoms with Crippen LogP contribution in [0.25, 0.3) is 0 Å². The highest BCUT2D eigenvalue weighted by atomic mass is 28.3. The van der Waals surface area contributed by atoms with Crippen LogP contribution in [0.4, 0.5) is 0 Å². The minimum atomic E-state index is -1.20. The van der Waals surface area contributed by atoms with Crippen molar-refractivity contribution in [1.82, 2.24) is 0 Å². The molecule has 1 nitrogen and oxygen atoms in total. The fourth-order valence-electron chi connectivity index (χ4n) is 2.88. The summed E-state index contributed by atoms with van der Waals surface area (Å²) in [5, 5.41) is 0. The van der Waals surface area contributed by atoms with Gasteiger partial charge in [-0.05, 0) is 25.6 Å². The van der Waals surface area contributed by atoms with Gasteiger partial charge in [0, 0.05) is 6.54 Å². The summed E-state index contributed by atoms with van der Waals surface area (Å²) in [5.74, 6) is 0. The first-order valence-corrected chi connectivity index (χ1v) is 11.1. The Morgan fingerprint density at radius 3 is 2.11 bits per heavy atom. The highest BCUT2D eigenvalue weighted by Gasteiger charge is 2.26. The third-order valence-electron chi connectivity index (χ3n) is 3.78. The van der Waals surface area contributed by atoms with Crippen molar-refractivity contribution in [3.05, 3.63) is 11.8 Å². The highest BCUT2D eigenvalue weighted by Crippen LogP contribution is 2.25. The predicted octanol–water partition coefficient (Wildman–Crippen LogP) is 6.02. The summed E-state index contributed by atoms with van der Waals surface area (Å²) in [6.07, 6.45) is 12.5. The average molecular weight is 282 g/mol. The second kappa shape index (κ2) is 12.7. The summed E-state index contributed by atoms with van der Waals surface area (Å²) in [6, 6.07) is 4.10. The number of nitrogens with zero attached hydrogens (tertiary/aromatic N) is 1. The van der Waals surface area contributed by atoms with Gasteiger partial charge in [-0.2, -0.15) is 0 Å². The minimum Gasteiger partial charge on any atom is -0.298 e. The van der Waals surface area contributed by atoms with E-state index in [1.165, 1.54) is 56.7 Å². The molecule has 0 unspecified atom stereocenters. The molecule has 112 valence electrons. The summed E-state index contributed by atoms with van der Waals surface area (Å²) in [7, 11) is -1.20. The molecular weight excluding hydrogens is 246 g/mol. The molecule has 0 saturated carbocycles. The van der Waals surface area contributed by atoms with E-state index in [0.29, 0.717) is 0 Å². The van der Waals surface area contributed by atoms with Crippen LogP contribution in [0.15, 0.2) is 16.8 Å². The average Bonchev–Trinajstić information content (AvgIpc) is 2.39. The van der Waals surface area contributed by atoms with Gasteiger partial charge in [0.2, 0.25) is 0 Å². The molecule has 0 fully saturated rings. The standard InChI is InChI=1S/C17H35NSi/c1-5-9-10-11-12-18-13-17-19(14-6-2,15-7-3)16-8-4/h6,13-14H,5,7-12,15-17H2,1-4H3. The van der Waals surface area contributed by atoms with Gasteiger partial charge in [0.05, 0.1) is 8.07 Å². The van der Waals surface area contributed by atoms with Gasteiger partial charge in [-0.25, -0.2) is 0 Å². The van der Waals surface area contributed by atoms with Gasteiger partial charge in [-0.15, -0.1) is 0 Å². The number of unbranched alkanes of at least 4 members (excludes halogenated alkanes) is 3. The molecule has 0 radical (unpaired) electrons. The van der Waals surface area contributed by atoms with E-state index in [9.17, 15) is 0 Å². The van der Waals surface area contributed by atoms with Crippen LogP contribution >= 0.6 is 0 Å². The van der Waals surface area contributed by atoms with Crippen LogP contribution in [-0.2, 0) is 0 Å². The monoisotopic (exact) mass is 281 g/mol. The number of hydrogen-bond acceptors (Lipinski definition) is 1. The first kappa shape index (κ1) is 18.6. The molecule has 0 saturated heterocycles. The maximum Gasteiger partial charge on any atom is 0.0825 e. The zero-order valence-corrected chi connectivity index (χ0v) is 14.8. The number of hydrogen-bond donors (Lipinski definition) is 0. The normalized spacial score (nSPS) is 12.8. The van der Waals surface area contributed by atoms with Crippen LogP contribution < -0.4 is 0 Å². The van der Waals surface area contributed by atoms with Crippen molar-refractivity contribution in [2.45, 2.75) is 84.4 Å². The van der Waals surface area contributed by atoms with Crippen LogP contribution in [0.2, 0.25) is 18.1 Å². The molecule has 0 heterocycles. The van der Waals surface area contributed by atoms with E-state index in [0.717, 1.165) is 6.54 Å². The lowest BCUT2D eigenvalue weighted by atomic mass is 10.2. The summed E-state index contributed by atoms with van der Waals surface area (Å²) < 4.78 is 0. The van der Waals surface area contributed by atoms with Gasteiger partial charge in [-0.1, -0.05) is 76.7 Å². The fraction of sp³-hybridized carbons (Fsp3) is 0.824. The Balaban J connectivity index is 4.19. The second-order valence-corrected chi connectivity index (χ2v) is 10.2. The molecule has 0 atom stereocenters. The summed E-state index contributed by atoms with van der Waals surface area (Å²) in [4.78, 5) is 4.65. The van der Waals surface area contributed by atoms with E-state index in [4.69, 9.17) is 0 Å². The quantitative estimate of drug-likeness (QED) is 0.235. The molecule has 0 aromatic carbocycles. The molecule has 0 aromatic rings. The molecule has 0 amide bonds. The summed E-state index contributed by atoms with van der Waals surface area (Å²) in [5.41, 5.74) is 2.56. The lowest BCUT2D eigenvalue weighted by Gasteiger charge is -2.26. The lowest BCUT2D eigenvalue weighted by Crippen LogP contribution is -2.31. The van der Waals surface area contributed by atoms with Crippen LogP contribution in [0.3, 0.4) is 0 Å². The molecule has 2 heteroatoms. The first-order chi connectivity index (χ1) is 9.24. The molecule has 0 bridgehead atoms. The Morgan fingerprint density at radius 1 is 0.895 bits per heavy atom. The van der Waals surface area contributed by atoms with Crippen LogP contribution in [-0.4, -0.2) is 20.8 Å². The maximum absolute atomic E-state index is 4.65. The molecular formula is C17H35NSi. The molecule has 0 aliphatic carbocycles. The van der Waals surface area contributed by atoms with Crippen molar-refractivity contribution in [3.63, 3.8) is 0 Å². The van der Waals surface area contributed by atoms with E-state index in [1.54, 1.807) is 0 Å². The van der Waals surface area contributed by atoms with E-state index in [-0.39, 0.29) is 0 Å². The van der Waals surface area contributed by atoms with E-state index < -0.39 is 8.07 Å². The molecule has 0 rings (SSSR count). The third-order valence-corrected chi connectivity index (χ3v) is 8.81. The Kier molecular flexibility index (Phi) is 12.4. The molecule has 0 aliphatic rings. The highest BCUT2D eigenvalue weighted by molar-refractivity contribution is 6.86. The number of rotatable bonds is 12. The zero-order valence-electron chi connectivity index (χ0n) is 13.8. The Morgan fingerprint density at radius 2 is 1.58 bits per heavy atom.